The van der Waals surface area contributed by atoms with Gasteiger partial charge in [-0.3, -0.25) is 20.2 Å². The lowest BCUT2D eigenvalue weighted by molar-refractivity contribution is -0.146. The highest BCUT2D eigenvalue weighted by molar-refractivity contribution is 7.90. The van der Waals surface area contributed by atoms with Crippen LogP contribution in [-0.4, -0.2) is 77.1 Å². The molecule has 304 valence electrons. The highest BCUT2D eigenvalue weighted by Crippen LogP contribution is 2.34. The number of carbonyl (C=O) groups is 4. The van der Waals surface area contributed by atoms with E-state index in [9.17, 15) is 37.1 Å². The van der Waals surface area contributed by atoms with Crippen molar-refractivity contribution in [3.8, 4) is 11.1 Å². The summed E-state index contributed by atoms with van der Waals surface area (Å²) >= 11 is 0. The van der Waals surface area contributed by atoms with Gasteiger partial charge in [0, 0.05) is 30.1 Å². The zero-order chi connectivity index (χ0) is 42.2. The number of ether oxygens (including phenoxy) is 3. The zero-order valence-corrected chi connectivity index (χ0v) is 32.4. The van der Waals surface area contributed by atoms with E-state index < -0.39 is 91.0 Å². The van der Waals surface area contributed by atoms with Gasteiger partial charge in [-0.2, -0.15) is 5.10 Å². The molecule has 1 saturated heterocycles. The Labute approximate surface area is 330 Å². The number of nitrogens with zero attached hydrogens (tertiary/aromatic N) is 3. The number of sulfone groups is 1. The van der Waals surface area contributed by atoms with E-state index in [2.05, 4.69) is 20.7 Å². The molecule has 5 aromatic rings. The summed E-state index contributed by atoms with van der Waals surface area (Å²) in [6.07, 6.45) is -0.772. The predicted octanol–water partition coefficient (Wildman–Crippen LogP) is 4.55. The van der Waals surface area contributed by atoms with Crippen molar-refractivity contribution in [2.24, 2.45) is 5.73 Å². The molecule has 0 saturated carbocycles. The van der Waals surface area contributed by atoms with Crippen molar-refractivity contribution in [3.63, 3.8) is 0 Å². The summed E-state index contributed by atoms with van der Waals surface area (Å²) in [7, 11) is -4.45. The van der Waals surface area contributed by atoms with Crippen LogP contribution >= 0.6 is 0 Å². The smallest absolute Gasteiger partial charge is 0.409 e. The molecule has 58 heavy (non-hydrogen) atoms. The lowest BCUT2D eigenvalue weighted by atomic mass is 9.89. The Morgan fingerprint density at radius 3 is 2.38 bits per heavy atom. The number of carboxylic acids is 1. The number of esters is 1. The third kappa shape index (κ3) is 8.86. The minimum absolute atomic E-state index is 0.0173. The quantitative estimate of drug-likeness (QED) is 0.0769. The third-order valence-corrected chi connectivity index (χ3v) is 9.91. The fourth-order valence-electron chi connectivity index (χ4n) is 6.25. The highest BCUT2D eigenvalue weighted by atomic mass is 32.2. The summed E-state index contributed by atoms with van der Waals surface area (Å²) in [6, 6.07) is 15.5. The second kappa shape index (κ2) is 16.0. The molecule has 6 rings (SSSR count). The van der Waals surface area contributed by atoms with E-state index in [0.717, 1.165) is 6.07 Å². The number of nitrogens with one attached hydrogen (secondary N) is 2. The van der Waals surface area contributed by atoms with Gasteiger partial charge < -0.3 is 25.1 Å². The molecule has 3 heterocycles. The van der Waals surface area contributed by atoms with Crippen LogP contribution in [0.1, 0.15) is 71.1 Å². The molecule has 0 bridgehead atoms. The molecule has 0 spiro atoms. The van der Waals surface area contributed by atoms with Crippen LogP contribution in [0.3, 0.4) is 0 Å². The van der Waals surface area contributed by atoms with Crippen molar-refractivity contribution in [1.82, 2.24) is 25.4 Å². The number of carbonyl (C=O) groups excluding carboxylic acids is 3. The van der Waals surface area contributed by atoms with Crippen molar-refractivity contribution < 1.29 is 55.7 Å². The number of carboxylic acid groups (broad SMARTS) is 1. The summed E-state index contributed by atoms with van der Waals surface area (Å²) in [4.78, 5) is 56.3. The molecule has 1 fully saturated rings. The number of hydrogen-bond donors (Lipinski definition) is 4. The molecule has 0 aliphatic carbocycles. The van der Waals surface area contributed by atoms with Gasteiger partial charge in [0.15, 0.2) is 21.3 Å². The first-order chi connectivity index (χ1) is 27.3. The van der Waals surface area contributed by atoms with E-state index in [0.29, 0.717) is 24.4 Å². The Morgan fingerprint density at radius 2 is 1.74 bits per heavy atom. The molecule has 5 N–H and O–H groups in total. The molecule has 2 aromatic heterocycles. The maximum absolute atomic E-state index is 15.6. The number of rotatable bonds is 12. The van der Waals surface area contributed by atoms with Gasteiger partial charge in [-0.1, -0.05) is 36.4 Å². The van der Waals surface area contributed by atoms with Crippen LogP contribution in [0.25, 0.3) is 22.2 Å². The lowest BCUT2D eigenvalue weighted by Crippen LogP contribution is -2.56. The van der Waals surface area contributed by atoms with Crippen LogP contribution in [-0.2, 0) is 41.1 Å². The Hall–Kier alpha value is -6.15. The van der Waals surface area contributed by atoms with Crippen molar-refractivity contribution in [2.75, 3.05) is 19.4 Å². The number of aromatic carboxylic acids is 1. The summed E-state index contributed by atoms with van der Waals surface area (Å²) in [6.45, 7) is 5.32. The average Bonchev–Trinajstić information content (AvgIpc) is 3.81. The normalized spacial score (nSPS) is 15.5. The Kier molecular flexibility index (Phi) is 11.4. The summed E-state index contributed by atoms with van der Waals surface area (Å²) in [5.74, 6) is -6.45. The number of alkyl carbamates (subject to hydrolysis) is 1. The number of aromatic nitrogens is 3. The van der Waals surface area contributed by atoms with E-state index in [1.807, 2.05) is 0 Å². The maximum Gasteiger partial charge on any atom is 0.409 e. The monoisotopic (exact) mass is 820 g/mol. The van der Waals surface area contributed by atoms with E-state index in [1.165, 1.54) is 35.1 Å². The molecule has 19 heteroatoms. The summed E-state index contributed by atoms with van der Waals surface area (Å²) < 4.78 is 72.4. The van der Waals surface area contributed by atoms with Gasteiger partial charge >= 0.3 is 18.0 Å². The summed E-state index contributed by atoms with van der Waals surface area (Å²) in [5, 5.41) is 20.1. The molecule has 1 aliphatic heterocycles. The predicted molar refractivity (Wildman–Crippen MR) is 202 cm³/mol. The molecule has 1 unspecified atom stereocenters. The Bertz CT molecular complexity index is 2560. The molecule has 3 aromatic carbocycles. The SMILES string of the molecule is CC(C)(C)OC(=O)NC(N)(CC(=O)OCc1ccccc1)c1cc(-c2cnc3c(c2)c(C(=O)c2ccc(F)c(S(C)(=O)=O)c2F)nn3[C@@H]2NCCO2)ccc1C(=O)O. The van der Waals surface area contributed by atoms with Crippen molar-refractivity contribution in [3.05, 3.63) is 113 Å². The lowest BCUT2D eigenvalue weighted by Gasteiger charge is -2.33. The minimum atomic E-state index is -4.45. The van der Waals surface area contributed by atoms with Gasteiger partial charge in [-0.15, -0.1) is 0 Å². The molecule has 1 aliphatic rings. The van der Waals surface area contributed by atoms with E-state index in [-0.39, 0.29) is 40.9 Å². The first-order valence-corrected chi connectivity index (χ1v) is 19.5. The largest absolute Gasteiger partial charge is 0.478 e. The maximum atomic E-state index is 15.6. The standard InChI is InChI=1S/C39H38F2N6O10S/c1-38(2,3)57-37(52)45-39(42,18-29(48)56-20-21-8-6-5-7-9-21)27-17-22(10-11-24(27)35(50)51)23-16-26-31(46-47(34(26)44-19-23)36-43-14-15-55-36)32(49)25-12-13-28(40)33(30(25)41)58(4,53)54/h5-13,16-17,19,36,43H,14-15,18,20,42H2,1-4H3,(H,45,52)(H,50,51)/t36-,39?/m0/s1. The van der Waals surface area contributed by atoms with E-state index >= 15 is 4.39 Å². The fraction of sp³-hybridized carbons (Fsp3) is 0.282. The van der Waals surface area contributed by atoms with E-state index in [1.54, 1.807) is 51.1 Å². The van der Waals surface area contributed by atoms with E-state index in [4.69, 9.17) is 19.9 Å². The van der Waals surface area contributed by atoms with Gasteiger partial charge in [-0.25, -0.2) is 36.5 Å². The Balaban J connectivity index is 1.47. The van der Waals surface area contributed by atoms with Crippen LogP contribution in [0.15, 0.2) is 77.8 Å². The highest BCUT2D eigenvalue weighted by Gasteiger charge is 2.39. The molecular weight excluding hydrogens is 783 g/mol. The minimum Gasteiger partial charge on any atom is -0.478 e. The first-order valence-electron chi connectivity index (χ1n) is 17.6. The molecule has 1 amide bonds. The number of nitrogens with two attached hydrogens (primary N) is 1. The number of amides is 1. The van der Waals surface area contributed by atoms with Crippen molar-refractivity contribution in [2.45, 2.75) is 56.3 Å². The van der Waals surface area contributed by atoms with Crippen molar-refractivity contribution in [1.29, 1.82) is 0 Å². The zero-order valence-electron chi connectivity index (χ0n) is 31.5. The molecule has 2 atom stereocenters. The number of ketones is 1. The van der Waals surface area contributed by atoms with Crippen LogP contribution in [0.4, 0.5) is 13.6 Å². The summed E-state index contributed by atoms with van der Waals surface area (Å²) in [5.41, 5.74) is 2.87. The fourth-order valence-corrected chi connectivity index (χ4v) is 7.10. The van der Waals surface area contributed by atoms with Crippen LogP contribution in [0, 0.1) is 11.6 Å². The second-order valence-electron chi connectivity index (χ2n) is 14.4. The number of benzene rings is 3. The first kappa shape index (κ1) is 41.5. The molecule has 16 nitrogen and oxygen atoms in total. The second-order valence-corrected chi connectivity index (χ2v) is 16.3. The van der Waals surface area contributed by atoms with Gasteiger partial charge in [0.1, 0.15) is 34.3 Å². The topological polar surface area (TPSA) is 231 Å². The Morgan fingerprint density at radius 1 is 1.03 bits per heavy atom. The number of fused-ring (bicyclic) bond motifs is 1. The number of pyridine rings is 1. The molecule has 0 radical (unpaired) electrons. The van der Waals surface area contributed by atoms with Crippen LogP contribution < -0.4 is 16.4 Å². The van der Waals surface area contributed by atoms with Gasteiger partial charge in [0.05, 0.1) is 29.5 Å². The van der Waals surface area contributed by atoms with Gasteiger partial charge in [0.25, 0.3) is 0 Å². The van der Waals surface area contributed by atoms with Crippen LogP contribution in [0.5, 0.6) is 0 Å². The third-order valence-electron chi connectivity index (χ3n) is 8.80. The number of halogens is 2. The number of hydrogen-bond acceptors (Lipinski definition) is 13. The van der Waals surface area contributed by atoms with Gasteiger partial charge in [-0.05, 0) is 62.2 Å². The van der Waals surface area contributed by atoms with Gasteiger partial charge in [0.2, 0.25) is 12.1 Å². The van der Waals surface area contributed by atoms with Crippen molar-refractivity contribution >= 4 is 44.7 Å². The van der Waals surface area contributed by atoms with Crippen LogP contribution in [0.2, 0.25) is 0 Å². The molecular formula is C39H38F2N6O10S. The average molecular weight is 821 g/mol.